The van der Waals surface area contributed by atoms with Crippen LogP contribution in [-0.2, 0) is 4.79 Å². The molecule has 0 aromatic heterocycles. The number of hydrogen-bond donors (Lipinski definition) is 1. The van der Waals surface area contributed by atoms with Crippen LogP contribution < -0.4 is 15.2 Å². The average molecular weight is 275 g/mol. The van der Waals surface area contributed by atoms with E-state index in [1.165, 1.54) is 11.9 Å². The number of hydrogen-bond acceptors (Lipinski definition) is 4. The van der Waals surface area contributed by atoms with E-state index in [2.05, 4.69) is 5.32 Å². The van der Waals surface area contributed by atoms with E-state index in [-0.39, 0.29) is 11.6 Å². The normalized spacial score (nSPS) is 18.9. The molecule has 1 aliphatic rings. The topological polar surface area (TPSA) is 81.7 Å². The molecule has 106 valence electrons. The maximum atomic E-state index is 11.8. The molecule has 1 N–H and O–H groups in total. The molecule has 0 saturated carbocycles. The number of urea groups is 1. The third-order valence-electron chi connectivity index (χ3n) is 3.42. The Morgan fingerprint density at radius 1 is 1.35 bits per heavy atom. The number of amides is 2. The lowest BCUT2D eigenvalue weighted by molar-refractivity contribution is -0.300. The van der Waals surface area contributed by atoms with Gasteiger partial charge in [-0.05, 0) is 24.6 Å². The number of methoxy groups -OCH3 is 1. The minimum absolute atomic E-state index is 0.0530. The summed E-state index contributed by atoms with van der Waals surface area (Å²) in [6, 6.07) is 5.77. The highest BCUT2D eigenvalue weighted by Crippen LogP contribution is 2.30. The first-order valence-corrected chi connectivity index (χ1v) is 6.06. The van der Waals surface area contributed by atoms with Gasteiger partial charge in [0, 0.05) is 18.3 Å². The summed E-state index contributed by atoms with van der Waals surface area (Å²) in [7, 11) is 3.06. The smallest absolute Gasteiger partial charge is 0.322 e. The summed E-state index contributed by atoms with van der Waals surface area (Å²) in [4.78, 5) is 24.4. The summed E-state index contributed by atoms with van der Waals surface area (Å²) in [5.41, 5.74) is 1.08. The molecule has 1 aliphatic heterocycles. The van der Waals surface area contributed by atoms with Gasteiger partial charge in [0.05, 0.1) is 19.1 Å². The van der Waals surface area contributed by atoms with Gasteiger partial charge >= 0.3 is 6.03 Å². The number of carbonyl (C=O) groups excluding carboxylic acids is 2. The zero-order valence-corrected chi connectivity index (χ0v) is 11.5. The third kappa shape index (κ3) is 2.32. The molecule has 0 spiro atoms. The molecule has 20 heavy (non-hydrogen) atoms. The van der Waals surface area contributed by atoms with Crippen molar-refractivity contribution in [1.82, 2.24) is 10.2 Å². The van der Waals surface area contributed by atoms with E-state index in [9.17, 15) is 14.7 Å². The maximum Gasteiger partial charge on any atom is 0.322 e. The second kappa shape index (κ2) is 5.24. The number of carboxylic acid groups (broad SMARTS) is 1. The minimum Gasteiger partial charge on any atom is -0.545 e. The monoisotopic (exact) mass is 275 g/mol. The van der Waals surface area contributed by atoms with Crippen molar-refractivity contribution in [3.05, 3.63) is 41.1 Å². The SMILES string of the molecule is COc1ccc([C@@H]2NC(=O)N(C)C(C)=C2C(=O)[O-])cc1. The Morgan fingerprint density at radius 2 is 1.95 bits per heavy atom. The van der Waals surface area contributed by atoms with Gasteiger partial charge in [-0.15, -0.1) is 0 Å². The van der Waals surface area contributed by atoms with Crippen LogP contribution in [-0.4, -0.2) is 31.1 Å². The number of allylic oxidation sites excluding steroid dienone is 1. The molecule has 2 amide bonds. The predicted molar refractivity (Wildman–Crippen MR) is 69.7 cm³/mol. The van der Waals surface area contributed by atoms with Crippen LogP contribution in [0.25, 0.3) is 0 Å². The van der Waals surface area contributed by atoms with Crippen molar-refractivity contribution in [3.8, 4) is 5.75 Å². The lowest BCUT2D eigenvalue weighted by Gasteiger charge is -2.34. The number of rotatable bonds is 3. The van der Waals surface area contributed by atoms with Gasteiger partial charge in [0.2, 0.25) is 0 Å². The minimum atomic E-state index is -1.30. The molecular formula is C14H15N2O4-. The molecular weight excluding hydrogens is 260 g/mol. The second-order valence-electron chi connectivity index (χ2n) is 4.50. The molecule has 6 nitrogen and oxygen atoms in total. The second-order valence-corrected chi connectivity index (χ2v) is 4.50. The molecule has 0 radical (unpaired) electrons. The molecule has 0 unspecified atom stereocenters. The molecule has 0 aliphatic carbocycles. The fraction of sp³-hybridized carbons (Fsp3) is 0.286. The first-order valence-electron chi connectivity index (χ1n) is 6.06. The summed E-state index contributed by atoms with van der Waals surface area (Å²) < 4.78 is 5.05. The van der Waals surface area contributed by atoms with Gasteiger partial charge in [-0.1, -0.05) is 12.1 Å². The molecule has 2 rings (SSSR count). The predicted octanol–water partition coefficient (Wildman–Crippen LogP) is 0.415. The van der Waals surface area contributed by atoms with Crippen molar-refractivity contribution in [2.24, 2.45) is 0 Å². The molecule has 1 heterocycles. The molecule has 1 aromatic carbocycles. The van der Waals surface area contributed by atoms with Gasteiger partial charge in [-0.2, -0.15) is 0 Å². The largest absolute Gasteiger partial charge is 0.545 e. The van der Waals surface area contributed by atoms with Gasteiger partial charge in [0.25, 0.3) is 0 Å². The zero-order valence-electron chi connectivity index (χ0n) is 11.5. The Kier molecular flexibility index (Phi) is 3.65. The van der Waals surface area contributed by atoms with E-state index in [1.807, 2.05) is 0 Å². The van der Waals surface area contributed by atoms with Crippen LogP contribution in [0.2, 0.25) is 0 Å². The molecule has 1 atom stereocenters. The summed E-state index contributed by atoms with van der Waals surface area (Å²) >= 11 is 0. The zero-order chi connectivity index (χ0) is 14.9. The van der Waals surface area contributed by atoms with Crippen molar-refractivity contribution in [3.63, 3.8) is 0 Å². The van der Waals surface area contributed by atoms with Crippen LogP contribution in [0, 0.1) is 0 Å². The Labute approximate surface area is 116 Å². The highest BCUT2D eigenvalue weighted by atomic mass is 16.5. The van der Waals surface area contributed by atoms with E-state index in [0.717, 1.165) is 0 Å². The maximum absolute atomic E-state index is 11.8. The highest BCUT2D eigenvalue weighted by Gasteiger charge is 2.30. The van der Waals surface area contributed by atoms with Crippen LogP contribution in [0.5, 0.6) is 5.75 Å². The Balaban J connectivity index is 2.47. The van der Waals surface area contributed by atoms with Crippen LogP contribution in [0.3, 0.4) is 0 Å². The Hall–Kier alpha value is -2.50. The van der Waals surface area contributed by atoms with Crippen LogP contribution >= 0.6 is 0 Å². The van der Waals surface area contributed by atoms with E-state index >= 15 is 0 Å². The number of nitrogens with zero attached hydrogens (tertiary/aromatic N) is 1. The first kappa shape index (κ1) is 13.9. The third-order valence-corrected chi connectivity index (χ3v) is 3.42. The van der Waals surface area contributed by atoms with Gasteiger partial charge in [0.15, 0.2) is 0 Å². The average Bonchev–Trinajstić information content (AvgIpc) is 2.44. The van der Waals surface area contributed by atoms with Crippen LogP contribution in [0.1, 0.15) is 18.5 Å². The van der Waals surface area contributed by atoms with Crippen molar-refractivity contribution in [2.75, 3.05) is 14.2 Å². The van der Waals surface area contributed by atoms with Gasteiger partial charge in [0.1, 0.15) is 5.75 Å². The number of ether oxygens (including phenoxy) is 1. The molecule has 1 aromatic rings. The lowest BCUT2D eigenvalue weighted by Crippen LogP contribution is -2.48. The fourth-order valence-corrected chi connectivity index (χ4v) is 2.15. The van der Waals surface area contributed by atoms with Crippen molar-refractivity contribution < 1.29 is 19.4 Å². The Morgan fingerprint density at radius 3 is 2.45 bits per heavy atom. The fourth-order valence-electron chi connectivity index (χ4n) is 2.15. The number of aliphatic carboxylic acids is 1. The van der Waals surface area contributed by atoms with Crippen LogP contribution in [0.4, 0.5) is 4.79 Å². The van der Waals surface area contributed by atoms with Crippen molar-refractivity contribution >= 4 is 12.0 Å². The number of carbonyl (C=O) groups is 2. The lowest BCUT2D eigenvalue weighted by atomic mass is 9.95. The summed E-state index contributed by atoms with van der Waals surface area (Å²) in [6.07, 6.45) is 0. The number of nitrogens with one attached hydrogen (secondary N) is 1. The number of benzene rings is 1. The van der Waals surface area contributed by atoms with E-state index in [4.69, 9.17) is 4.74 Å². The van der Waals surface area contributed by atoms with Gasteiger partial charge in [-0.3, -0.25) is 0 Å². The first-order chi connectivity index (χ1) is 9.45. The summed E-state index contributed by atoms with van der Waals surface area (Å²) in [5, 5.41) is 14.0. The van der Waals surface area contributed by atoms with E-state index < -0.39 is 12.0 Å². The molecule has 0 bridgehead atoms. The van der Waals surface area contributed by atoms with Gasteiger partial charge < -0.3 is 24.9 Å². The quantitative estimate of drug-likeness (QED) is 0.866. The van der Waals surface area contributed by atoms with Gasteiger partial charge in [-0.25, -0.2) is 4.79 Å². The standard InChI is InChI=1S/C14H16N2O4/c1-8-11(13(17)18)12(15-14(19)16(8)2)9-4-6-10(20-3)7-5-9/h4-7,12H,1-3H3,(H,15,19)(H,17,18)/p-1/t12-/m0/s1. The van der Waals surface area contributed by atoms with E-state index in [0.29, 0.717) is 17.0 Å². The van der Waals surface area contributed by atoms with Crippen LogP contribution in [0.15, 0.2) is 35.5 Å². The van der Waals surface area contributed by atoms with Crippen molar-refractivity contribution in [1.29, 1.82) is 0 Å². The molecule has 0 saturated heterocycles. The van der Waals surface area contributed by atoms with Crippen molar-refractivity contribution in [2.45, 2.75) is 13.0 Å². The summed E-state index contributed by atoms with van der Waals surface area (Å²) in [5.74, 6) is -0.640. The highest BCUT2D eigenvalue weighted by molar-refractivity contribution is 5.92. The molecule has 6 heteroatoms. The Bertz CT molecular complexity index is 577. The summed E-state index contributed by atoms with van der Waals surface area (Å²) in [6.45, 7) is 1.58. The number of carboxylic acids is 1. The van der Waals surface area contributed by atoms with E-state index in [1.54, 1.807) is 38.3 Å². The molecule has 0 fully saturated rings.